The second-order valence-corrected chi connectivity index (χ2v) is 4.68. The summed E-state index contributed by atoms with van der Waals surface area (Å²) in [6.45, 7) is 5.95. The first-order valence-electron chi connectivity index (χ1n) is 5.50. The molecule has 0 unspecified atom stereocenters. The van der Waals surface area contributed by atoms with Crippen LogP contribution >= 0.6 is 11.6 Å². The Morgan fingerprint density at radius 2 is 2.13 bits per heavy atom. The third-order valence-corrected chi connectivity index (χ3v) is 3.16. The summed E-state index contributed by atoms with van der Waals surface area (Å²) in [6.07, 6.45) is 3.87. The number of rotatable bonds is 2. The summed E-state index contributed by atoms with van der Waals surface area (Å²) in [5.74, 6) is 1.63. The monoisotopic (exact) mass is 228 g/mol. The molecule has 0 aromatic carbocycles. The largest absolute Gasteiger partial charge is 0.381 e. The lowest BCUT2D eigenvalue weighted by Crippen LogP contribution is -2.19. The second-order valence-electron chi connectivity index (χ2n) is 4.29. The fourth-order valence-electron chi connectivity index (χ4n) is 2.12. The van der Waals surface area contributed by atoms with E-state index in [2.05, 4.69) is 23.4 Å². The smallest absolute Gasteiger partial charge is 0.129 e. The predicted molar refractivity (Wildman–Crippen MR) is 60.4 cm³/mol. The molecule has 0 atom stereocenters. The number of imidazole rings is 1. The van der Waals surface area contributed by atoms with E-state index in [1.54, 1.807) is 6.20 Å². The van der Waals surface area contributed by atoms with Crippen LogP contribution in [0, 0.1) is 0 Å². The van der Waals surface area contributed by atoms with Crippen molar-refractivity contribution in [3.8, 4) is 0 Å². The van der Waals surface area contributed by atoms with Gasteiger partial charge in [0, 0.05) is 25.2 Å². The predicted octanol–water partition coefficient (Wildman–Crippen LogP) is 3.01. The van der Waals surface area contributed by atoms with Crippen molar-refractivity contribution in [2.24, 2.45) is 0 Å². The lowest BCUT2D eigenvalue weighted by atomic mass is 9.99. The molecule has 2 heterocycles. The number of halogens is 1. The molecule has 1 fully saturated rings. The van der Waals surface area contributed by atoms with E-state index in [1.807, 2.05) is 0 Å². The van der Waals surface area contributed by atoms with Crippen molar-refractivity contribution in [1.82, 2.24) is 9.55 Å². The third kappa shape index (κ3) is 2.18. The van der Waals surface area contributed by atoms with Crippen LogP contribution in [0.3, 0.4) is 0 Å². The SMILES string of the molecule is CC(C)n1c(Cl)cnc1C1CCOCC1. The van der Waals surface area contributed by atoms with Gasteiger partial charge in [0.15, 0.2) is 0 Å². The minimum Gasteiger partial charge on any atom is -0.381 e. The number of hydrogen-bond acceptors (Lipinski definition) is 2. The number of hydrogen-bond donors (Lipinski definition) is 0. The molecule has 1 aromatic heterocycles. The maximum Gasteiger partial charge on any atom is 0.129 e. The highest BCUT2D eigenvalue weighted by Gasteiger charge is 2.22. The first-order valence-corrected chi connectivity index (χ1v) is 5.88. The van der Waals surface area contributed by atoms with Crippen molar-refractivity contribution < 1.29 is 4.74 Å². The fourth-order valence-corrected chi connectivity index (χ4v) is 2.45. The molecule has 1 aliphatic rings. The van der Waals surface area contributed by atoms with E-state index in [9.17, 15) is 0 Å². The Kier molecular flexibility index (Phi) is 3.32. The van der Waals surface area contributed by atoms with E-state index in [0.29, 0.717) is 12.0 Å². The van der Waals surface area contributed by atoms with Crippen molar-refractivity contribution in [2.75, 3.05) is 13.2 Å². The highest BCUT2D eigenvalue weighted by molar-refractivity contribution is 6.29. The number of ether oxygens (including phenoxy) is 1. The van der Waals surface area contributed by atoms with E-state index in [0.717, 1.165) is 37.0 Å². The van der Waals surface area contributed by atoms with Crippen molar-refractivity contribution in [2.45, 2.75) is 38.6 Å². The van der Waals surface area contributed by atoms with Crippen molar-refractivity contribution in [3.63, 3.8) is 0 Å². The molecule has 0 saturated carbocycles. The molecule has 1 aromatic rings. The van der Waals surface area contributed by atoms with E-state index in [1.165, 1.54) is 0 Å². The van der Waals surface area contributed by atoms with Gasteiger partial charge in [0.05, 0.1) is 6.20 Å². The molecule has 3 nitrogen and oxygen atoms in total. The minimum absolute atomic E-state index is 0.373. The molecule has 84 valence electrons. The molecule has 0 aliphatic carbocycles. The zero-order valence-corrected chi connectivity index (χ0v) is 10.00. The van der Waals surface area contributed by atoms with Gasteiger partial charge in [0.25, 0.3) is 0 Å². The zero-order valence-electron chi connectivity index (χ0n) is 9.24. The van der Waals surface area contributed by atoms with Crippen LogP contribution in [-0.4, -0.2) is 22.8 Å². The third-order valence-electron chi connectivity index (χ3n) is 2.88. The minimum atomic E-state index is 0.373. The van der Waals surface area contributed by atoms with Gasteiger partial charge in [-0.3, -0.25) is 0 Å². The highest BCUT2D eigenvalue weighted by Crippen LogP contribution is 2.30. The fraction of sp³-hybridized carbons (Fsp3) is 0.727. The first kappa shape index (κ1) is 11.0. The van der Waals surface area contributed by atoms with E-state index in [4.69, 9.17) is 16.3 Å². The van der Waals surface area contributed by atoms with Gasteiger partial charge in [-0.2, -0.15) is 0 Å². The molecule has 2 rings (SSSR count). The lowest BCUT2D eigenvalue weighted by molar-refractivity contribution is 0.0826. The summed E-state index contributed by atoms with van der Waals surface area (Å²) in [6, 6.07) is 0.373. The standard InChI is InChI=1S/C11H17ClN2O/c1-8(2)14-10(12)7-13-11(14)9-3-5-15-6-4-9/h7-9H,3-6H2,1-2H3. The Labute approximate surface area is 95.4 Å². The summed E-state index contributed by atoms with van der Waals surface area (Å²) in [5, 5.41) is 0.742. The van der Waals surface area contributed by atoms with Gasteiger partial charge >= 0.3 is 0 Å². The van der Waals surface area contributed by atoms with Crippen molar-refractivity contribution in [1.29, 1.82) is 0 Å². The normalized spacial score (nSPS) is 18.7. The Bertz CT molecular complexity index is 329. The van der Waals surface area contributed by atoms with Gasteiger partial charge < -0.3 is 9.30 Å². The first-order chi connectivity index (χ1) is 7.20. The zero-order chi connectivity index (χ0) is 10.8. The molecule has 4 heteroatoms. The van der Waals surface area contributed by atoms with Crippen molar-refractivity contribution >= 4 is 11.6 Å². The van der Waals surface area contributed by atoms with Crippen LogP contribution in [0.25, 0.3) is 0 Å². The second kappa shape index (κ2) is 4.54. The van der Waals surface area contributed by atoms with Crippen LogP contribution in [0.2, 0.25) is 5.15 Å². The Balaban J connectivity index is 2.26. The molecular weight excluding hydrogens is 212 g/mol. The summed E-state index contributed by atoms with van der Waals surface area (Å²) >= 11 is 6.13. The lowest BCUT2D eigenvalue weighted by Gasteiger charge is -2.24. The van der Waals surface area contributed by atoms with Gasteiger partial charge in [0.1, 0.15) is 11.0 Å². The molecule has 0 bridgehead atoms. The summed E-state index contributed by atoms with van der Waals surface area (Å²) in [5.41, 5.74) is 0. The van der Waals surface area contributed by atoms with Crippen LogP contribution in [0.5, 0.6) is 0 Å². The van der Waals surface area contributed by atoms with E-state index in [-0.39, 0.29) is 0 Å². The van der Waals surface area contributed by atoms with Crippen LogP contribution < -0.4 is 0 Å². The summed E-state index contributed by atoms with van der Waals surface area (Å²) in [4.78, 5) is 4.44. The van der Waals surface area contributed by atoms with Gasteiger partial charge in [-0.25, -0.2) is 4.98 Å². The Morgan fingerprint density at radius 3 is 2.73 bits per heavy atom. The topological polar surface area (TPSA) is 27.1 Å². The summed E-state index contributed by atoms with van der Waals surface area (Å²) in [7, 11) is 0. The van der Waals surface area contributed by atoms with Gasteiger partial charge in [-0.1, -0.05) is 11.6 Å². The van der Waals surface area contributed by atoms with Crippen LogP contribution in [-0.2, 0) is 4.74 Å². The highest BCUT2D eigenvalue weighted by atomic mass is 35.5. The van der Waals surface area contributed by atoms with Gasteiger partial charge in [-0.05, 0) is 26.7 Å². The molecule has 1 aliphatic heterocycles. The maximum atomic E-state index is 6.13. The molecule has 1 saturated heterocycles. The van der Waals surface area contributed by atoms with Crippen LogP contribution in [0.4, 0.5) is 0 Å². The quantitative estimate of drug-likeness (QED) is 0.778. The van der Waals surface area contributed by atoms with Crippen LogP contribution in [0.1, 0.15) is 44.5 Å². The molecular formula is C11H17ClN2O. The van der Waals surface area contributed by atoms with Crippen LogP contribution in [0.15, 0.2) is 6.20 Å². The number of aromatic nitrogens is 2. The maximum absolute atomic E-state index is 6.13. The molecule has 0 amide bonds. The Morgan fingerprint density at radius 1 is 1.47 bits per heavy atom. The molecule has 0 N–H and O–H groups in total. The van der Waals surface area contributed by atoms with E-state index < -0.39 is 0 Å². The number of nitrogens with zero attached hydrogens (tertiary/aromatic N) is 2. The molecule has 0 radical (unpaired) electrons. The molecule has 0 spiro atoms. The Hall–Kier alpha value is -0.540. The molecule has 15 heavy (non-hydrogen) atoms. The van der Waals surface area contributed by atoms with Crippen molar-refractivity contribution in [3.05, 3.63) is 17.2 Å². The summed E-state index contributed by atoms with van der Waals surface area (Å²) < 4.78 is 7.48. The average Bonchev–Trinajstić information content (AvgIpc) is 2.61. The van der Waals surface area contributed by atoms with E-state index >= 15 is 0 Å². The van der Waals surface area contributed by atoms with Gasteiger partial charge in [0.2, 0.25) is 0 Å². The average molecular weight is 229 g/mol. The van der Waals surface area contributed by atoms with Gasteiger partial charge in [-0.15, -0.1) is 0 Å².